The van der Waals surface area contributed by atoms with Crippen molar-refractivity contribution < 1.29 is 24.6 Å². The zero-order valence-electron chi connectivity index (χ0n) is 9.79. The standard InChI is InChI=1S/C9H13N5O5/c10-9-12-6(13-14-9)7(17)11-4(8(18)19)2-1-3-5(15)16/h4H,1-3H2,(H,11,17)(H,15,16)(H,18,19)(H3,10,12,13,14)/t4-/m1/s1. The van der Waals surface area contributed by atoms with E-state index in [-0.39, 0.29) is 31.0 Å². The van der Waals surface area contributed by atoms with Gasteiger partial charge >= 0.3 is 11.9 Å². The first kappa shape index (κ1) is 14.4. The highest BCUT2D eigenvalue weighted by molar-refractivity contribution is 5.93. The molecule has 0 fully saturated rings. The first-order valence-electron chi connectivity index (χ1n) is 5.33. The van der Waals surface area contributed by atoms with Crippen molar-refractivity contribution in [2.75, 3.05) is 5.73 Å². The number of nitrogens with two attached hydrogens (primary N) is 1. The third-order valence-corrected chi connectivity index (χ3v) is 2.20. The topological polar surface area (TPSA) is 171 Å². The number of anilines is 1. The largest absolute Gasteiger partial charge is 0.481 e. The molecule has 0 saturated heterocycles. The number of nitrogens with zero attached hydrogens (tertiary/aromatic N) is 2. The summed E-state index contributed by atoms with van der Waals surface area (Å²) in [4.78, 5) is 36.4. The molecule has 0 bridgehead atoms. The molecule has 19 heavy (non-hydrogen) atoms. The summed E-state index contributed by atoms with van der Waals surface area (Å²) in [6.45, 7) is 0. The van der Waals surface area contributed by atoms with Crippen LogP contribution in [0.2, 0.25) is 0 Å². The number of H-pyrrole nitrogens is 1. The van der Waals surface area contributed by atoms with Gasteiger partial charge in [0, 0.05) is 6.42 Å². The Morgan fingerprint density at radius 3 is 2.53 bits per heavy atom. The van der Waals surface area contributed by atoms with Crippen molar-refractivity contribution in [2.45, 2.75) is 25.3 Å². The molecule has 1 heterocycles. The smallest absolute Gasteiger partial charge is 0.326 e. The highest BCUT2D eigenvalue weighted by Gasteiger charge is 2.22. The van der Waals surface area contributed by atoms with Gasteiger partial charge in [0.05, 0.1) is 0 Å². The van der Waals surface area contributed by atoms with Crippen LogP contribution in [0.4, 0.5) is 5.95 Å². The number of carboxylic acids is 2. The number of aromatic nitrogens is 3. The summed E-state index contributed by atoms with van der Waals surface area (Å²) in [6.07, 6.45) is -0.0446. The molecule has 1 amide bonds. The number of carbonyl (C=O) groups is 3. The van der Waals surface area contributed by atoms with Crippen LogP contribution in [0.1, 0.15) is 29.9 Å². The Bertz CT molecular complexity index is 485. The molecule has 0 spiro atoms. The summed E-state index contributed by atoms with van der Waals surface area (Å²) < 4.78 is 0. The first-order valence-corrected chi connectivity index (χ1v) is 5.33. The third-order valence-electron chi connectivity index (χ3n) is 2.20. The van der Waals surface area contributed by atoms with Crippen LogP contribution in [-0.4, -0.2) is 49.3 Å². The number of carboxylic acid groups (broad SMARTS) is 2. The van der Waals surface area contributed by atoms with Gasteiger partial charge in [-0.15, -0.1) is 5.10 Å². The lowest BCUT2D eigenvalue weighted by molar-refractivity contribution is -0.140. The van der Waals surface area contributed by atoms with E-state index in [0.717, 1.165) is 0 Å². The molecule has 0 saturated carbocycles. The number of hydrogen-bond acceptors (Lipinski definition) is 6. The molecule has 0 aliphatic carbocycles. The number of aliphatic carboxylic acids is 2. The summed E-state index contributed by atoms with van der Waals surface area (Å²) in [5, 5.41) is 25.2. The molecule has 0 radical (unpaired) electrons. The van der Waals surface area contributed by atoms with E-state index in [1.54, 1.807) is 0 Å². The van der Waals surface area contributed by atoms with E-state index in [1.807, 2.05) is 0 Å². The van der Waals surface area contributed by atoms with Gasteiger partial charge in [-0.2, -0.15) is 4.98 Å². The van der Waals surface area contributed by atoms with Gasteiger partial charge in [-0.25, -0.2) is 4.79 Å². The minimum Gasteiger partial charge on any atom is -0.481 e. The Labute approximate surface area is 107 Å². The molecule has 0 aromatic carbocycles. The molecule has 1 aromatic rings. The molecule has 1 aromatic heterocycles. The fraction of sp³-hybridized carbons (Fsp3) is 0.444. The Kier molecular flexibility index (Phi) is 4.80. The zero-order valence-corrected chi connectivity index (χ0v) is 9.79. The van der Waals surface area contributed by atoms with E-state index in [9.17, 15) is 14.4 Å². The fourth-order valence-corrected chi connectivity index (χ4v) is 1.32. The highest BCUT2D eigenvalue weighted by atomic mass is 16.4. The van der Waals surface area contributed by atoms with Crippen LogP contribution in [0.15, 0.2) is 0 Å². The lowest BCUT2D eigenvalue weighted by Crippen LogP contribution is -2.41. The van der Waals surface area contributed by atoms with Crippen molar-refractivity contribution in [1.82, 2.24) is 20.5 Å². The minimum atomic E-state index is -1.26. The second-order valence-electron chi connectivity index (χ2n) is 3.69. The number of amides is 1. The minimum absolute atomic E-state index is 0.00298. The van der Waals surface area contributed by atoms with Gasteiger partial charge in [-0.1, -0.05) is 0 Å². The van der Waals surface area contributed by atoms with Crippen molar-refractivity contribution in [2.24, 2.45) is 0 Å². The number of hydrogen-bond donors (Lipinski definition) is 5. The average Bonchev–Trinajstić information content (AvgIpc) is 2.73. The van der Waals surface area contributed by atoms with Crippen LogP contribution in [-0.2, 0) is 9.59 Å². The Morgan fingerprint density at radius 2 is 2.05 bits per heavy atom. The van der Waals surface area contributed by atoms with Crippen molar-refractivity contribution in [3.05, 3.63) is 5.82 Å². The van der Waals surface area contributed by atoms with Crippen LogP contribution in [0.5, 0.6) is 0 Å². The number of carbonyl (C=O) groups excluding carboxylic acids is 1. The van der Waals surface area contributed by atoms with Gasteiger partial charge in [0.25, 0.3) is 5.91 Å². The second kappa shape index (κ2) is 6.33. The van der Waals surface area contributed by atoms with Crippen LogP contribution in [0.25, 0.3) is 0 Å². The molecular formula is C9H13N5O5. The van der Waals surface area contributed by atoms with E-state index < -0.39 is 23.9 Å². The maximum absolute atomic E-state index is 11.6. The maximum atomic E-state index is 11.6. The molecule has 0 unspecified atom stereocenters. The monoisotopic (exact) mass is 271 g/mol. The number of nitrogens with one attached hydrogen (secondary N) is 2. The predicted octanol–water partition coefficient (Wildman–Crippen LogP) is -1.18. The third kappa shape index (κ3) is 4.61. The Morgan fingerprint density at radius 1 is 1.37 bits per heavy atom. The molecule has 10 heteroatoms. The molecule has 1 rings (SSSR count). The lowest BCUT2D eigenvalue weighted by Gasteiger charge is -2.12. The number of rotatable bonds is 7. The molecule has 104 valence electrons. The van der Waals surface area contributed by atoms with Gasteiger partial charge in [-0.3, -0.25) is 14.7 Å². The first-order chi connectivity index (χ1) is 8.90. The van der Waals surface area contributed by atoms with Crippen LogP contribution in [0, 0.1) is 0 Å². The van der Waals surface area contributed by atoms with Gasteiger partial charge in [0.15, 0.2) is 0 Å². The molecule has 0 aliphatic rings. The van der Waals surface area contributed by atoms with Crippen LogP contribution < -0.4 is 11.1 Å². The summed E-state index contributed by atoms with van der Waals surface area (Å²) >= 11 is 0. The van der Waals surface area contributed by atoms with Crippen molar-refractivity contribution in [3.8, 4) is 0 Å². The quantitative estimate of drug-likeness (QED) is 0.412. The summed E-state index contributed by atoms with van der Waals surface area (Å²) in [6, 6.07) is -1.20. The van der Waals surface area contributed by atoms with Crippen LogP contribution in [0.3, 0.4) is 0 Å². The van der Waals surface area contributed by atoms with Gasteiger partial charge in [-0.05, 0) is 12.8 Å². The summed E-state index contributed by atoms with van der Waals surface area (Å²) in [5.74, 6) is -3.40. The zero-order chi connectivity index (χ0) is 14.4. The molecule has 6 N–H and O–H groups in total. The average molecular weight is 271 g/mol. The highest BCUT2D eigenvalue weighted by Crippen LogP contribution is 2.03. The SMILES string of the molecule is Nc1n[nH]c(C(=O)N[C@H](CCCC(=O)O)C(=O)O)n1. The van der Waals surface area contributed by atoms with E-state index in [0.29, 0.717) is 0 Å². The normalized spacial score (nSPS) is 11.8. The van der Waals surface area contributed by atoms with Gasteiger partial charge in [0.2, 0.25) is 11.8 Å². The Hall–Kier alpha value is -2.65. The maximum Gasteiger partial charge on any atom is 0.326 e. The number of nitrogen functional groups attached to an aromatic ring is 1. The molecule has 1 atom stereocenters. The Balaban J connectivity index is 2.55. The summed E-state index contributed by atoms with van der Waals surface area (Å²) in [5.41, 5.74) is 5.21. The van der Waals surface area contributed by atoms with E-state index >= 15 is 0 Å². The van der Waals surface area contributed by atoms with Gasteiger partial charge < -0.3 is 21.3 Å². The number of aromatic amines is 1. The van der Waals surface area contributed by atoms with E-state index in [4.69, 9.17) is 15.9 Å². The van der Waals surface area contributed by atoms with E-state index in [1.165, 1.54) is 0 Å². The predicted molar refractivity (Wildman–Crippen MR) is 61.2 cm³/mol. The second-order valence-corrected chi connectivity index (χ2v) is 3.69. The van der Waals surface area contributed by atoms with Crippen molar-refractivity contribution in [1.29, 1.82) is 0 Å². The molecule has 10 nitrogen and oxygen atoms in total. The fourth-order valence-electron chi connectivity index (χ4n) is 1.32. The van der Waals surface area contributed by atoms with Crippen LogP contribution >= 0.6 is 0 Å². The van der Waals surface area contributed by atoms with E-state index in [2.05, 4.69) is 20.5 Å². The van der Waals surface area contributed by atoms with Crippen molar-refractivity contribution in [3.63, 3.8) is 0 Å². The summed E-state index contributed by atoms with van der Waals surface area (Å²) in [7, 11) is 0. The van der Waals surface area contributed by atoms with Crippen molar-refractivity contribution >= 4 is 23.8 Å². The van der Waals surface area contributed by atoms with Gasteiger partial charge in [0.1, 0.15) is 6.04 Å². The molecule has 0 aliphatic heterocycles. The lowest BCUT2D eigenvalue weighted by atomic mass is 10.1. The molecular weight excluding hydrogens is 258 g/mol.